The van der Waals surface area contributed by atoms with E-state index in [1.165, 1.54) is 19.2 Å². The molecule has 4 aliphatic rings. The first-order valence-electron chi connectivity index (χ1n) is 14.6. The Kier molecular flexibility index (Phi) is 7.83. The van der Waals surface area contributed by atoms with Gasteiger partial charge in [0.05, 0.1) is 24.6 Å². The molecule has 3 fully saturated rings. The van der Waals surface area contributed by atoms with Gasteiger partial charge in [0.2, 0.25) is 17.6 Å². The highest BCUT2D eigenvalue weighted by Gasteiger charge is 2.77. The van der Waals surface area contributed by atoms with Crippen molar-refractivity contribution >= 4 is 80.8 Å². The van der Waals surface area contributed by atoms with Crippen molar-refractivity contribution < 1.29 is 51.0 Å². The summed E-state index contributed by atoms with van der Waals surface area (Å²) >= 11 is 16.3. The number of hydrogen-bond acceptors (Lipinski definition) is 6. The Morgan fingerprint density at radius 3 is 2.04 bits per heavy atom. The normalized spacial score (nSPS) is 29.2. The van der Waals surface area contributed by atoms with E-state index in [0.29, 0.717) is 0 Å². The first-order chi connectivity index (χ1) is 23.1. The minimum absolute atomic E-state index is 0.00357. The van der Waals surface area contributed by atoms with E-state index in [2.05, 4.69) is 22.6 Å². The number of fused-ring (bicyclic) bond motifs is 4. The number of hydrogen-bond donors (Lipinski definition) is 1. The minimum Gasteiger partial charge on any atom is -0.504 e. The molecule has 4 amide bonds. The highest BCUT2D eigenvalue weighted by Crippen LogP contribution is 2.66. The van der Waals surface area contributed by atoms with E-state index in [9.17, 15) is 37.5 Å². The molecule has 2 saturated heterocycles. The molecule has 2 heterocycles. The highest BCUT2D eigenvalue weighted by molar-refractivity contribution is 14.1. The van der Waals surface area contributed by atoms with Gasteiger partial charge in [0.15, 0.2) is 44.5 Å². The lowest BCUT2D eigenvalue weighted by Crippen LogP contribution is -2.60. The molecule has 3 aromatic carbocycles. The fourth-order valence-electron chi connectivity index (χ4n) is 7.67. The Morgan fingerprint density at radius 1 is 0.837 bits per heavy atom. The van der Waals surface area contributed by atoms with Crippen molar-refractivity contribution in [3.8, 4) is 11.5 Å². The maximum atomic E-state index is 15.2. The van der Waals surface area contributed by atoms with Crippen LogP contribution in [0.15, 0.2) is 54.1 Å². The number of methoxy groups -OCH3 is 1. The van der Waals surface area contributed by atoms with Crippen LogP contribution in [0.5, 0.6) is 11.5 Å². The van der Waals surface area contributed by atoms with Crippen molar-refractivity contribution in [2.75, 3.05) is 16.9 Å². The Hall–Kier alpha value is -3.76. The van der Waals surface area contributed by atoms with Crippen LogP contribution in [-0.2, 0) is 19.2 Å². The lowest BCUT2D eigenvalue weighted by atomic mass is 9.56. The van der Waals surface area contributed by atoms with Gasteiger partial charge in [-0.05, 0) is 83.3 Å². The number of carbonyl (C=O) groups is 4. The molecule has 16 heteroatoms. The van der Waals surface area contributed by atoms with Crippen LogP contribution in [0.1, 0.15) is 24.3 Å². The van der Waals surface area contributed by atoms with Gasteiger partial charge in [0.25, 0.3) is 11.8 Å². The first kappa shape index (κ1) is 33.7. The quantitative estimate of drug-likeness (QED) is 0.0616. The van der Waals surface area contributed by atoms with Gasteiger partial charge in [-0.25, -0.2) is 26.9 Å². The van der Waals surface area contributed by atoms with Crippen molar-refractivity contribution in [1.82, 2.24) is 0 Å². The van der Waals surface area contributed by atoms with Gasteiger partial charge < -0.3 is 9.84 Å². The Labute approximate surface area is 297 Å². The third-order valence-electron chi connectivity index (χ3n) is 9.84. The zero-order chi connectivity index (χ0) is 35.5. The van der Waals surface area contributed by atoms with E-state index >= 15 is 8.78 Å². The number of phenolic OH excluding ortho intramolecular Hbond substituents is 1. The summed E-state index contributed by atoms with van der Waals surface area (Å²) in [7, 11) is 1.27. The number of nitrogens with zero attached hydrogens (tertiary/aromatic N) is 2. The summed E-state index contributed by atoms with van der Waals surface area (Å²) in [6, 6.07) is 10.4. The van der Waals surface area contributed by atoms with Gasteiger partial charge in [-0.1, -0.05) is 17.7 Å². The number of ether oxygens (including phenoxy) is 1. The van der Waals surface area contributed by atoms with Crippen LogP contribution in [0.3, 0.4) is 0 Å². The molecule has 49 heavy (non-hydrogen) atoms. The number of halogens is 8. The molecule has 6 unspecified atom stereocenters. The largest absolute Gasteiger partial charge is 0.504 e. The van der Waals surface area contributed by atoms with E-state index in [4.69, 9.17) is 27.9 Å². The number of imide groups is 2. The second kappa shape index (κ2) is 11.4. The molecular formula is C33H20Cl2F5IN2O6. The van der Waals surface area contributed by atoms with Crippen LogP contribution in [0.4, 0.5) is 33.3 Å². The van der Waals surface area contributed by atoms with Crippen molar-refractivity contribution in [3.63, 3.8) is 0 Å². The summed E-state index contributed by atoms with van der Waals surface area (Å²) in [5.74, 6) is -21.8. The Balaban J connectivity index is 1.43. The number of alkyl halides is 2. The molecule has 0 spiro atoms. The average Bonchev–Trinajstić information content (AvgIpc) is 3.41. The van der Waals surface area contributed by atoms with Crippen molar-refractivity contribution in [1.29, 1.82) is 0 Å². The summed E-state index contributed by atoms with van der Waals surface area (Å²) in [6.07, 6.45) is 0.909. The topological polar surface area (TPSA) is 104 Å². The van der Waals surface area contributed by atoms with Gasteiger partial charge in [0.1, 0.15) is 5.69 Å². The predicted octanol–water partition coefficient (Wildman–Crippen LogP) is 6.47. The lowest BCUT2D eigenvalue weighted by Gasteiger charge is -2.50. The Morgan fingerprint density at radius 2 is 1.45 bits per heavy atom. The van der Waals surface area contributed by atoms with Crippen LogP contribution in [0.2, 0.25) is 0 Å². The van der Waals surface area contributed by atoms with Gasteiger partial charge in [0, 0.05) is 9.49 Å². The fraction of sp³-hybridized carbons (Fsp3) is 0.273. The van der Waals surface area contributed by atoms with Gasteiger partial charge in [-0.3, -0.25) is 24.1 Å². The monoisotopic (exact) mass is 832 g/mol. The second-order valence-corrected chi connectivity index (χ2v) is 14.6. The SMILES string of the molecule is COc1ccc(C2C3=CCC4C(=O)N(c5ccc(I)cc5)C(=O)C4C3CC3(Cl)C(=O)N(c4c(F)c(F)c(F)c(F)c4F)C(=O)C23Cl)cc1O. The smallest absolute Gasteiger partial charge is 0.258 e. The zero-order valence-corrected chi connectivity index (χ0v) is 28.4. The molecular weight excluding hydrogens is 813 g/mol. The third-order valence-corrected chi connectivity index (χ3v) is 12.0. The zero-order valence-electron chi connectivity index (χ0n) is 24.7. The molecule has 0 aromatic heterocycles. The minimum atomic E-state index is -2.70. The summed E-state index contributed by atoms with van der Waals surface area (Å²) in [4.78, 5) is 51.8. The highest BCUT2D eigenvalue weighted by atomic mass is 127. The van der Waals surface area contributed by atoms with Gasteiger partial charge >= 0.3 is 0 Å². The second-order valence-electron chi connectivity index (χ2n) is 12.1. The summed E-state index contributed by atoms with van der Waals surface area (Å²) in [5, 5.41) is 10.7. The number of rotatable bonds is 4. The summed E-state index contributed by atoms with van der Waals surface area (Å²) < 4.78 is 79.1. The van der Waals surface area contributed by atoms with Crippen LogP contribution >= 0.6 is 45.8 Å². The molecule has 6 atom stereocenters. The molecule has 8 nitrogen and oxygen atoms in total. The summed E-state index contributed by atoms with van der Waals surface area (Å²) in [5.41, 5.74) is -1.29. The van der Waals surface area contributed by atoms with Crippen LogP contribution in [-0.4, -0.2) is 45.6 Å². The number of amides is 4. The van der Waals surface area contributed by atoms with Crippen LogP contribution < -0.4 is 14.5 Å². The average molecular weight is 833 g/mol. The molecule has 2 aliphatic heterocycles. The fourth-order valence-corrected chi connectivity index (χ4v) is 8.97. The molecule has 0 radical (unpaired) electrons. The third kappa shape index (κ3) is 4.38. The molecule has 0 bridgehead atoms. The van der Waals surface area contributed by atoms with Crippen molar-refractivity contribution in [2.45, 2.75) is 28.5 Å². The van der Waals surface area contributed by atoms with Crippen LogP contribution in [0, 0.1) is 50.4 Å². The molecule has 1 saturated carbocycles. The van der Waals surface area contributed by atoms with E-state index < -0.39 is 104 Å². The van der Waals surface area contributed by atoms with E-state index in [1.54, 1.807) is 30.3 Å². The van der Waals surface area contributed by atoms with Gasteiger partial charge in [-0.2, -0.15) is 0 Å². The molecule has 254 valence electrons. The molecule has 1 N–H and O–H groups in total. The number of anilines is 2. The molecule has 2 aliphatic carbocycles. The van der Waals surface area contributed by atoms with Crippen LogP contribution in [0.25, 0.3) is 0 Å². The molecule has 7 rings (SSSR count). The van der Waals surface area contributed by atoms with Crippen molar-refractivity contribution in [2.24, 2.45) is 17.8 Å². The number of aromatic hydroxyl groups is 1. The Bertz CT molecular complexity index is 2040. The molecule has 3 aromatic rings. The standard InChI is InChI=1S/C33H20Cl2F5IN2O6/c1-49-19-9-2-12(10-18(19)44)21-15-7-8-16-20(29(46)42(28(16)45)14-5-3-13(41)4-6-14)17(15)11-32(34)30(47)43(31(48)33(21,32)35)27-25(39)23(37)22(36)24(38)26(27)40/h2-7,9-10,16-17,20-21,44H,8,11H2,1H3. The maximum Gasteiger partial charge on any atom is 0.258 e. The first-order valence-corrected chi connectivity index (χ1v) is 16.4. The van der Waals surface area contributed by atoms with E-state index in [0.717, 1.165) is 14.5 Å². The number of phenols is 1. The summed E-state index contributed by atoms with van der Waals surface area (Å²) in [6.45, 7) is 0. The maximum absolute atomic E-state index is 15.2. The van der Waals surface area contributed by atoms with E-state index in [1.807, 2.05) is 0 Å². The predicted molar refractivity (Wildman–Crippen MR) is 173 cm³/mol. The number of carbonyl (C=O) groups excluding carboxylic acids is 4. The lowest BCUT2D eigenvalue weighted by molar-refractivity contribution is -0.125. The number of benzene rings is 3. The van der Waals surface area contributed by atoms with E-state index in [-0.39, 0.29) is 33.9 Å². The van der Waals surface area contributed by atoms with Gasteiger partial charge in [-0.15, -0.1) is 23.2 Å². The number of allylic oxidation sites excluding steroid dienone is 2. The van der Waals surface area contributed by atoms with Crippen molar-refractivity contribution in [3.05, 3.63) is 92.3 Å².